The molecule has 0 radical (unpaired) electrons. The van der Waals surface area contributed by atoms with Crippen molar-refractivity contribution < 1.29 is 41.7 Å². The van der Waals surface area contributed by atoms with Crippen molar-refractivity contribution in [2.24, 2.45) is 5.16 Å². The van der Waals surface area contributed by atoms with Crippen LogP contribution in [0.4, 0.5) is 13.2 Å². The normalized spacial score (nSPS) is 24.9. The van der Waals surface area contributed by atoms with Gasteiger partial charge in [0.1, 0.15) is 18.0 Å². The van der Waals surface area contributed by atoms with Gasteiger partial charge in [-0.1, -0.05) is 53.7 Å². The molecule has 1 aliphatic heterocycles. The number of hydrogen-bond acceptors (Lipinski definition) is 7. The lowest BCUT2D eigenvalue weighted by Gasteiger charge is -2.42. The predicted molar refractivity (Wildman–Crippen MR) is 129 cm³/mol. The van der Waals surface area contributed by atoms with Crippen molar-refractivity contribution in [2.45, 2.75) is 50.9 Å². The van der Waals surface area contributed by atoms with Crippen molar-refractivity contribution in [1.82, 2.24) is 0 Å². The van der Waals surface area contributed by atoms with Crippen molar-refractivity contribution in [3.05, 3.63) is 65.2 Å². The standard InChI is InChI=1S/C26H30F3NO6/c1-5-33-23-22(31-3)17(2)34-25(24(23)32-4)36-30-16-20-10-8-18(9-11-20)6-7-19-12-14-21(15-13-19)35-26(27,28)29/h6-17,22-25H,5H2,1-4H3/t17-,22-,23-,24-,25-/m0/s1. The van der Waals surface area contributed by atoms with Gasteiger partial charge in [0.25, 0.3) is 6.29 Å². The highest BCUT2D eigenvalue weighted by Gasteiger charge is 2.47. The zero-order valence-corrected chi connectivity index (χ0v) is 20.5. The molecule has 3 rings (SSSR count). The molecule has 1 aliphatic rings. The van der Waals surface area contributed by atoms with E-state index in [1.807, 2.05) is 44.2 Å². The summed E-state index contributed by atoms with van der Waals surface area (Å²) in [4.78, 5) is 5.60. The molecule has 0 bridgehead atoms. The molecule has 0 unspecified atom stereocenters. The third kappa shape index (κ3) is 7.79. The molecule has 0 saturated carbocycles. The first-order valence-corrected chi connectivity index (χ1v) is 11.4. The monoisotopic (exact) mass is 509 g/mol. The quantitative estimate of drug-likeness (QED) is 0.247. The molecular formula is C26H30F3NO6. The number of rotatable bonds is 10. The molecule has 10 heteroatoms. The van der Waals surface area contributed by atoms with Gasteiger partial charge in [-0.05, 0) is 42.7 Å². The minimum atomic E-state index is -4.71. The number of methoxy groups -OCH3 is 2. The van der Waals surface area contributed by atoms with Crippen molar-refractivity contribution in [1.29, 1.82) is 0 Å². The van der Waals surface area contributed by atoms with Crippen molar-refractivity contribution >= 4 is 18.4 Å². The summed E-state index contributed by atoms with van der Waals surface area (Å²) in [6.07, 6.45) is -1.75. The average molecular weight is 510 g/mol. The molecule has 0 spiro atoms. The van der Waals surface area contributed by atoms with E-state index in [9.17, 15) is 13.2 Å². The van der Waals surface area contributed by atoms with Crippen LogP contribution in [0.25, 0.3) is 12.2 Å². The van der Waals surface area contributed by atoms with Gasteiger partial charge in [0, 0.05) is 20.8 Å². The predicted octanol–water partition coefficient (Wildman–Crippen LogP) is 5.29. The van der Waals surface area contributed by atoms with E-state index in [4.69, 9.17) is 23.8 Å². The summed E-state index contributed by atoms with van der Waals surface area (Å²) < 4.78 is 63.5. The van der Waals surface area contributed by atoms with E-state index in [0.29, 0.717) is 6.61 Å². The van der Waals surface area contributed by atoms with Gasteiger partial charge in [-0.25, -0.2) is 0 Å². The van der Waals surface area contributed by atoms with E-state index in [2.05, 4.69) is 9.89 Å². The summed E-state index contributed by atoms with van der Waals surface area (Å²) in [5.74, 6) is -0.262. The Hall–Kier alpha value is -2.92. The minimum Gasteiger partial charge on any atom is -0.406 e. The van der Waals surface area contributed by atoms with E-state index in [0.717, 1.165) is 16.7 Å². The zero-order chi connectivity index (χ0) is 26.1. The Morgan fingerprint density at radius 1 is 0.861 bits per heavy atom. The molecule has 1 fully saturated rings. The molecule has 0 aromatic heterocycles. The molecule has 2 aromatic carbocycles. The summed E-state index contributed by atoms with van der Waals surface area (Å²) >= 11 is 0. The van der Waals surface area contributed by atoms with Gasteiger partial charge in [-0.2, -0.15) is 0 Å². The molecule has 2 aromatic rings. The topological polar surface area (TPSA) is 67.7 Å². The summed E-state index contributed by atoms with van der Waals surface area (Å²) in [5, 5.41) is 4.06. The molecule has 0 amide bonds. The van der Waals surface area contributed by atoms with Crippen LogP contribution in [0.1, 0.15) is 30.5 Å². The number of benzene rings is 2. The van der Waals surface area contributed by atoms with Gasteiger partial charge < -0.3 is 28.5 Å². The second-order valence-corrected chi connectivity index (χ2v) is 7.99. The Morgan fingerprint density at radius 2 is 1.42 bits per heavy atom. The fourth-order valence-electron chi connectivity index (χ4n) is 3.83. The largest absolute Gasteiger partial charge is 0.573 e. The van der Waals surface area contributed by atoms with E-state index in [1.54, 1.807) is 38.6 Å². The summed E-state index contributed by atoms with van der Waals surface area (Å²) in [6, 6.07) is 13.1. The third-order valence-corrected chi connectivity index (χ3v) is 5.52. The van der Waals surface area contributed by atoms with Crippen LogP contribution < -0.4 is 4.74 Å². The number of hydrogen-bond donors (Lipinski definition) is 0. The average Bonchev–Trinajstić information content (AvgIpc) is 2.84. The first-order valence-electron chi connectivity index (χ1n) is 11.4. The molecule has 7 nitrogen and oxygen atoms in total. The van der Waals surface area contributed by atoms with Gasteiger partial charge in [0.2, 0.25) is 0 Å². The van der Waals surface area contributed by atoms with E-state index < -0.39 is 18.8 Å². The van der Waals surface area contributed by atoms with Crippen molar-refractivity contribution in [3.63, 3.8) is 0 Å². The lowest BCUT2D eigenvalue weighted by molar-refractivity contribution is -0.308. The third-order valence-electron chi connectivity index (χ3n) is 5.52. The first kappa shape index (κ1) is 27.7. The number of nitrogens with zero attached hydrogens (tertiary/aromatic N) is 1. The lowest BCUT2D eigenvalue weighted by atomic mass is 9.99. The SMILES string of the molecule is CCO[C@@H]1[C@H](OC)[C@H](ON=Cc2ccc(C=Cc3ccc(OC(F)(F)F)cc3)cc2)O[C@@H](C)[C@@H]1OC. The second kappa shape index (κ2) is 12.9. The Bertz CT molecular complexity index is 994. The van der Waals surface area contributed by atoms with Gasteiger partial charge in [0.05, 0.1) is 12.3 Å². The number of halogens is 3. The first-order chi connectivity index (χ1) is 17.2. The number of alkyl halides is 3. The Balaban J connectivity index is 1.57. The highest BCUT2D eigenvalue weighted by atomic mass is 19.4. The van der Waals surface area contributed by atoms with Crippen LogP contribution in [0, 0.1) is 0 Å². The maximum absolute atomic E-state index is 12.3. The molecule has 5 atom stereocenters. The van der Waals surface area contributed by atoms with Crippen LogP contribution in [0.3, 0.4) is 0 Å². The van der Waals surface area contributed by atoms with E-state index in [1.165, 1.54) is 12.1 Å². The zero-order valence-electron chi connectivity index (χ0n) is 20.5. The lowest BCUT2D eigenvalue weighted by Crippen LogP contribution is -2.59. The molecular weight excluding hydrogens is 479 g/mol. The van der Waals surface area contributed by atoms with Crippen LogP contribution in [0.15, 0.2) is 53.7 Å². The van der Waals surface area contributed by atoms with E-state index in [-0.39, 0.29) is 24.1 Å². The van der Waals surface area contributed by atoms with Crippen LogP contribution in [-0.2, 0) is 23.8 Å². The minimum absolute atomic E-state index is 0.262. The number of oxime groups is 1. The van der Waals surface area contributed by atoms with Crippen LogP contribution in [0.2, 0.25) is 0 Å². The molecule has 36 heavy (non-hydrogen) atoms. The Labute approximate surface area is 208 Å². The maximum Gasteiger partial charge on any atom is 0.573 e. The molecule has 0 aliphatic carbocycles. The van der Waals surface area contributed by atoms with Gasteiger partial charge >= 0.3 is 6.36 Å². The Morgan fingerprint density at radius 3 is 1.94 bits per heavy atom. The van der Waals surface area contributed by atoms with Crippen molar-refractivity contribution in [3.8, 4) is 5.75 Å². The maximum atomic E-state index is 12.3. The van der Waals surface area contributed by atoms with Gasteiger partial charge in [0.15, 0.2) is 6.10 Å². The molecule has 1 saturated heterocycles. The fraction of sp³-hybridized carbons (Fsp3) is 0.423. The summed E-state index contributed by atoms with van der Waals surface area (Å²) in [6.45, 7) is 4.27. The molecule has 1 heterocycles. The second-order valence-electron chi connectivity index (χ2n) is 7.99. The van der Waals surface area contributed by atoms with Crippen LogP contribution in [0.5, 0.6) is 5.75 Å². The van der Waals surface area contributed by atoms with Crippen molar-refractivity contribution in [2.75, 3.05) is 20.8 Å². The van der Waals surface area contributed by atoms with Crippen LogP contribution >= 0.6 is 0 Å². The van der Waals surface area contributed by atoms with E-state index >= 15 is 0 Å². The Kier molecular flexibility index (Phi) is 9.89. The highest BCUT2D eigenvalue weighted by molar-refractivity contribution is 5.80. The smallest absolute Gasteiger partial charge is 0.406 e. The highest BCUT2D eigenvalue weighted by Crippen LogP contribution is 2.28. The van der Waals surface area contributed by atoms with Crippen LogP contribution in [-0.4, -0.2) is 64.1 Å². The summed E-state index contributed by atoms with van der Waals surface area (Å²) in [7, 11) is 3.16. The fourth-order valence-corrected chi connectivity index (χ4v) is 3.83. The summed E-state index contributed by atoms with van der Waals surface area (Å²) in [5.41, 5.74) is 2.44. The molecule has 0 N–H and O–H groups in total. The van der Waals surface area contributed by atoms with Gasteiger partial charge in [-0.3, -0.25) is 0 Å². The number of ether oxygens (including phenoxy) is 5. The molecule has 196 valence electrons. The van der Waals surface area contributed by atoms with Gasteiger partial charge in [-0.15, -0.1) is 13.2 Å².